The van der Waals surface area contributed by atoms with E-state index in [-0.39, 0.29) is 24.2 Å². The number of ether oxygens (including phenoxy) is 2. The summed E-state index contributed by atoms with van der Waals surface area (Å²) in [5.41, 5.74) is -5.42. The maximum Gasteiger partial charge on any atom is 0.352 e. The second-order valence-corrected chi connectivity index (χ2v) is 15.1. The van der Waals surface area contributed by atoms with Crippen LogP contribution in [0.1, 0.15) is 56.3 Å². The summed E-state index contributed by atoms with van der Waals surface area (Å²) in [6.07, 6.45) is 6.00. The average molecular weight is 662 g/mol. The fourth-order valence-corrected chi connectivity index (χ4v) is 10.0. The number of esters is 2. The molecule has 4 aliphatic rings. The van der Waals surface area contributed by atoms with Crippen LogP contribution in [0, 0.1) is 34.0 Å². The number of fused-ring (bicyclic) bond motifs is 5. The molecule has 7 nitrogen and oxygen atoms in total. The number of thioether (sulfide) groups is 1. The molecule has 0 amide bonds. The number of aliphatic hydroxyl groups is 1. The van der Waals surface area contributed by atoms with Crippen molar-refractivity contribution >= 4 is 41.2 Å². The van der Waals surface area contributed by atoms with Crippen LogP contribution in [0.2, 0.25) is 0 Å². The average Bonchev–Trinajstić information content (AvgIpc) is 3.33. The van der Waals surface area contributed by atoms with Crippen LogP contribution in [0.4, 0.5) is 4.39 Å². The molecule has 2 aromatic carbocycles. The van der Waals surface area contributed by atoms with Crippen LogP contribution in [-0.2, 0) is 19.1 Å². The second kappa shape index (κ2) is 12.0. The molecule has 4 aliphatic carbocycles. The highest BCUT2D eigenvalue weighted by atomic mass is 32.2. The van der Waals surface area contributed by atoms with E-state index in [0.29, 0.717) is 24.8 Å². The Morgan fingerprint density at radius 1 is 1.09 bits per heavy atom. The van der Waals surface area contributed by atoms with Crippen LogP contribution in [0.5, 0.6) is 0 Å². The van der Waals surface area contributed by atoms with Crippen molar-refractivity contribution in [3.05, 3.63) is 77.9 Å². The van der Waals surface area contributed by atoms with E-state index in [9.17, 15) is 24.8 Å². The van der Waals surface area contributed by atoms with E-state index in [0.717, 1.165) is 14.7 Å². The van der Waals surface area contributed by atoms with Gasteiger partial charge in [0, 0.05) is 31.4 Å². The van der Waals surface area contributed by atoms with Gasteiger partial charge < -0.3 is 14.6 Å². The second-order valence-electron chi connectivity index (χ2n) is 13.1. The summed E-state index contributed by atoms with van der Waals surface area (Å²) in [5, 5.41) is 20.9. The number of nitrogens with zero attached hydrogens (tertiary/aromatic N) is 1. The van der Waals surface area contributed by atoms with Gasteiger partial charge in [0.2, 0.25) is 5.60 Å². The first-order chi connectivity index (χ1) is 21.9. The number of alkyl halides is 1. The molecule has 0 saturated heterocycles. The molecular formula is C36H36FNO6S2. The Kier molecular flexibility index (Phi) is 8.49. The van der Waals surface area contributed by atoms with Gasteiger partial charge in [0.25, 0.3) is 0 Å². The smallest absolute Gasteiger partial charge is 0.352 e. The van der Waals surface area contributed by atoms with E-state index in [1.165, 1.54) is 12.2 Å². The summed E-state index contributed by atoms with van der Waals surface area (Å²) in [6.45, 7) is 2.96. The largest absolute Gasteiger partial charge is 0.447 e. The lowest BCUT2D eigenvalue weighted by atomic mass is 9.45. The molecule has 7 atom stereocenters. The predicted molar refractivity (Wildman–Crippen MR) is 172 cm³/mol. The summed E-state index contributed by atoms with van der Waals surface area (Å²) < 4.78 is 29.1. The lowest BCUT2D eigenvalue weighted by Gasteiger charge is -2.62. The molecule has 46 heavy (non-hydrogen) atoms. The van der Waals surface area contributed by atoms with Gasteiger partial charge in [-0.3, -0.25) is 4.79 Å². The number of carbonyl (C=O) groups excluding carboxylic acids is 3. The zero-order chi connectivity index (χ0) is 32.9. The third-order valence-corrected chi connectivity index (χ3v) is 12.7. The number of ketones is 1. The van der Waals surface area contributed by atoms with E-state index in [4.69, 9.17) is 9.47 Å². The van der Waals surface area contributed by atoms with Crippen LogP contribution < -0.4 is 0 Å². The number of hydrogen-bond acceptors (Lipinski definition) is 9. The summed E-state index contributed by atoms with van der Waals surface area (Å²) >= 11 is 3.21. The Morgan fingerprint density at radius 3 is 2.54 bits per heavy atom. The van der Waals surface area contributed by atoms with Crippen molar-refractivity contribution in [1.82, 2.24) is 0 Å². The van der Waals surface area contributed by atoms with Crippen molar-refractivity contribution in [2.75, 3.05) is 12.9 Å². The summed E-state index contributed by atoms with van der Waals surface area (Å²) in [6, 6.07) is 16.8. The van der Waals surface area contributed by atoms with Gasteiger partial charge in [-0.15, -0.1) is 11.8 Å². The van der Waals surface area contributed by atoms with Crippen molar-refractivity contribution < 1.29 is 33.4 Å². The summed E-state index contributed by atoms with van der Waals surface area (Å²) in [5.74, 6) is -2.92. The van der Waals surface area contributed by atoms with Crippen molar-refractivity contribution in [3.63, 3.8) is 0 Å². The van der Waals surface area contributed by atoms with E-state index < -0.39 is 58.6 Å². The molecule has 10 heteroatoms. The van der Waals surface area contributed by atoms with Crippen LogP contribution in [0.3, 0.4) is 0 Å². The van der Waals surface area contributed by atoms with Crippen LogP contribution >= 0.6 is 23.5 Å². The first kappa shape index (κ1) is 32.5. The molecule has 6 rings (SSSR count). The van der Waals surface area contributed by atoms with Gasteiger partial charge in [0.05, 0.1) is 11.7 Å². The molecule has 3 saturated carbocycles. The van der Waals surface area contributed by atoms with Crippen LogP contribution in [0.25, 0.3) is 0 Å². The Balaban J connectivity index is 1.30. The molecule has 0 aliphatic heterocycles. The maximum atomic E-state index is 17.6. The number of benzene rings is 2. The Morgan fingerprint density at radius 2 is 1.83 bits per heavy atom. The van der Waals surface area contributed by atoms with E-state index in [2.05, 4.69) is 6.07 Å². The van der Waals surface area contributed by atoms with Gasteiger partial charge >= 0.3 is 11.9 Å². The number of nitriles is 1. The first-order valence-electron chi connectivity index (χ1n) is 15.4. The topological polar surface area (TPSA) is 114 Å². The predicted octanol–water partition coefficient (Wildman–Crippen LogP) is 6.89. The van der Waals surface area contributed by atoms with Gasteiger partial charge in [0.1, 0.15) is 6.07 Å². The standard InChI is InChI=1S/C36H36FNO6S2/c1-33-15-13-24(39)19-23(33)9-12-29-28-14-16-35(32(42)43-18-17-38,34(28,2)21-30(40)36(29,33)37)44-31(41)22-7-10-25(11-8-22)46-27-6-4-5-26(20-27)45-3/h4-8,10-11,13,15,19-20,28-30,40H,9,12,14,16,18,21H2,1-3H3/t28-,29-,30-,33-,34-,35?,36?/m0/s1. The van der Waals surface area contributed by atoms with Gasteiger partial charge in [-0.25, -0.2) is 14.0 Å². The lowest BCUT2D eigenvalue weighted by molar-refractivity contribution is -0.224. The highest BCUT2D eigenvalue weighted by molar-refractivity contribution is 7.99. The molecule has 0 bridgehead atoms. The third kappa shape index (κ3) is 4.94. The van der Waals surface area contributed by atoms with E-state index in [1.807, 2.05) is 36.6 Å². The van der Waals surface area contributed by atoms with Crippen molar-refractivity contribution in [1.29, 1.82) is 5.26 Å². The maximum absolute atomic E-state index is 17.6. The molecular weight excluding hydrogens is 626 g/mol. The number of carbonyl (C=O) groups is 3. The number of rotatable bonds is 7. The Labute approximate surface area is 276 Å². The quantitative estimate of drug-likeness (QED) is 0.250. The van der Waals surface area contributed by atoms with Gasteiger partial charge in [-0.2, -0.15) is 5.26 Å². The fourth-order valence-electron chi connectivity index (χ4n) is 8.63. The number of allylic oxidation sites excluding steroid dienone is 4. The van der Waals surface area contributed by atoms with E-state index >= 15 is 4.39 Å². The molecule has 240 valence electrons. The van der Waals surface area contributed by atoms with Crippen molar-refractivity contribution in [3.8, 4) is 6.07 Å². The first-order valence-corrected chi connectivity index (χ1v) is 17.5. The molecule has 0 heterocycles. The molecule has 2 aromatic rings. The minimum absolute atomic E-state index is 0.0664. The van der Waals surface area contributed by atoms with Crippen LogP contribution in [-0.4, -0.2) is 53.1 Å². The zero-order valence-electron chi connectivity index (χ0n) is 26.0. The van der Waals surface area contributed by atoms with Gasteiger partial charge in [-0.1, -0.05) is 36.4 Å². The normalized spacial score (nSPS) is 34.4. The number of aliphatic hydroxyl groups excluding tert-OH is 1. The van der Waals surface area contributed by atoms with Crippen molar-refractivity contribution in [2.45, 2.75) is 78.0 Å². The Bertz CT molecular complexity index is 1690. The zero-order valence-corrected chi connectivity index (χ0v) is 27.6. The summed E-state index contributed by atoms with van der Waals surface area (Å²) in [7, 11) is 0. The highest BCUT2D eigenvalue weighted by Gasteiger charge is 2.76. The van der Waals surface area contributed by atoms with Gasteiger partial charge in [0.15, 0.2) is 18.1 Å². The van der Waals surface area contributed by atoms with Crippen molar-refractivity contribution in [2.24, 2.45) is 22.7 Å². The van der Waals surface area contributed by atoms with Gasteiger partial charge in [-0.05, 0) is 106 Å². The van der Waals surface area contributed by atoms with E-state index in [1.54, 1.807) is 61.6 Å². The van der Waals surface area contributed by atoms with Crippen LogP contribution in [0.15, 0.2) is 87.0 Å². The minimum atomic E-state index is -2.10. The molecule has 2 unspecified atom stereocenters. The Hall–Kier alpha value is -3.39. The monoisotopic (exact) mass is 661 g/mol. The SMILES string of the molecule is CSc1cccc(Sc2ccc(C(=O)OC3(C(=O)OCC#N)CC[C@H]4[C@@H]5CCC6=CC(=O)C=C[C@]6(C)C5(F)[C@@H](O)C[C@@]43C)cc2)c1. The third-order valence-electron chi connectivity index (χ3n) is 11.0. The molecule has 1 N–H and O–H groups in total. The minimum Gasteiger partial charge on any atom is -0.447 e. The molecule has 0 spiro atoms. The summed E-state index contributed by atoms with van der Waals surface area (Å²) in [4.78, 5) is 42.9. The molecule has 3 fully saturated rings. The molecule has 0 aromatic heterocycles. The lowest BCUT2D eigenvalue weighted by Crippen LogP contribution is -2.69. The molecule has 0 radical (unpaired) electrons. The number of halogens is 1. The number of hydrogen-bond donors (Lipinski definition) is 1. The highest BCUT2D eigenvalue weighted by Crippen LogP contribution is 2.70. The fraction of sp³-hybridized carbons (Fsp3) is 0.444.